The lowest BCUT2D eigenvalue weighted by Gasteiger charge is -2.08. The van der Waals surface area contributed by atoms with Gasteiger partial charge in [0, 0.05) is 16.8 Å². The molecule has 0 aliphatic heterocycles. The normalized spacial score (nSPS) is 10.9. The van der Waals surface area contributed by atoms with Crippen LogP contribution in [0, 0.1) is 5.82 Å². The number of hydrogen-bond donors (Lipinski definition) is 1. The first-order chi connectivity index (χ1) is 13.7. The van der Waals surface area contributed by atoms with E-state index in [1.165, 1.54) is 17.0 Å². The van der Waals surface area contributed by atoms with Gasteiger partial charge >= 0.3 is 0 Å². The first kappa shape index (κ1) is 18.3. The molecule has 0 spiro atoms. The highest BCUT2D eigenvalue weighted by Gasteiger charge is 2.14. The molecule has 1 aromatic heterocycles. The third-order valence-corrected chi connectivity index (χ3v) is 5.29. The predicted octanol–water partition coefficient (Wildman–Crippen LogP) is 4.82. The van der Waals surface area contributed by atoms with Gasteiger partial charge < -0.3 is 5.32 Å². The van der Waals surface area contributed by atoms with Crippen molar-refractivity contribution in [2.45, 2.75) is 11.4 Å². The molecule has 0 radical (unpaired) electrons. The van der Waals surface area contributed by atoms with Crippen LogP contribution in [0.25, 0.3) is 16.6 Å². The van der Waals surface area contributed by atoms with E-state index in [9.17, 15) is 9.18 Å². The first-order valence-electron chi connectivity index (χ1n) is 8.79. The summed E-state index contributed by atoms with van der Waals surface area (Å²) in [5.74, 6) is -0.455. The van der Waals surface area contributed by atoms with E-state index in [0.717, 1.165) is 22.2 Å². The Morgan fingerprint density at radius 2 is 1.82 bits per heavy atom. The number of rotatable bonds is 5. The number of benzene rings is 3. The fourth-order valence-electron chi connectivity index (χ4n) is 3.06. The van der Waals surface area contributed by atoms with Crippen molar-refractivity contribution in [1.82, 2.24) is 15.1 Å². The summed E-state index contributed by atoms with van der Waals surface area (Å²) in [6.45, 7) is 0.454. The Morgan fingerprint density at radius 1 is 1.07 bits per heavy atom. The summed E-state index contributed by atoms with van der Waals surface area (Å²) in [6, 6.07) is 19.7. The van der Waals surface area contributed by atoms with Gasteiger partial charge in [-0.1, -0.05) is 18.2 Å². The molecular weight excluding hydrogens is 373 g/mol. The number of nitrogens with one attached hydrogen (secondary N) is 1. The van der Waals surface area contributed by atoms with E-state index in [1.54, 1.807) is 40.8 Å². The lowest BCUT2D eigenvalue weighted by Crippen LogP contribution is -2.22. The second-order valence-electron chi connectivity index (χ2n) is 6.30. The van der Waals surface area contributed by atoms with Crippen molar-refractivity contribution in [2.75, 3.05) is 6.26 Å². The minimum absolute atomic E-state index is 0.154. The molecule has 0 atom stereocenters. The van der Waals surface area contributed by atoms with Gasteiger partial charge in [-0.3, -0.25) is 4.79 Å². The van der Waals surface area contributed by atoms with Gasteiger partial charge in [-0.05, 0) is 60.4 Å². The number of carbonyl (C=O) groups excluding carboxylic acids is 1. The number of halogens is 1. The molecule has 0 saturated carbocycles. The summed E-state index contributed by atoms with van der Waals surface area (Å²) in [6.07, 6.45) is 3.70. The molecule has 4 aromatic rings. The number of aromatic nitrogens is 2. The molecule has 0 unspecified atom stereocenters. The van der Waals surface area contributed by atoms with Crippen molar-refractivity contribution >= 4 is 28.6 Å². The maximum absolute atomic E-state index is 13.2. The summed E-state index contributed by atoms with van der Waals surface area (Å²) in [5, 5.41) is 8.11. The molecule has 0 saturated heterocycles. The van der Waals surface area contributed by atoms with Crippen molar-refractivity contribution in [3.05, 3.63) is 89.9 Å². The Morgan fingerprint density at radius 3 is 2.54 bits per heavy atom. The minimum Gasteiger partial charge on any atom is -0.348 e. The Labute approximate surface area is 166 Å². The minimum atomic E-state index is -0.300. The number of hydrogen-bond acceptors (Lipinski definition) is 3. The van der Waals surface area contributed by atoms with Crippen LogP contribution in [0.3, 0.4) is 0 Å². The Kier molecular flexibility index (Phi) is 5.12. The molecule has 4 rings (SSSR count). The molecule has 0 bridgehead atoms. The van der Waals surface area contributed by atoms with Gasteiger partial charge in [-0.25, -0.2) is 9.07 Å². The maximum Gasteiger partial charge on any atom is 0.252 e. The second kappa shape index (κ2) is 7.86. The van der Waals surface area contributed by atoms with Gasteiger partial charge in [0.05, 0.1) is 23.0 Å². The molecule has 140 valence electrons. The highest BCUT2D eigenvalue weighted by molar-refractivity contribution is 7.98. The largest absolute Gasteiger partial charge is 0.348 e. The van der Waals surface area contributed by atoms with E-state index in [1.807, 2.05) is 42.7 Å². The Bertz CT molecular complexity index is 1120. The summed E-state index contributed by atoms with van der Waals surface area (Å²) in [4.78, 5) is 13.9. The number of thioether (sulfide) groups is 1. The number of nitrogens with zero attached hydrogens (tertiary/aromatic N) is 2. The summed E-state index contributed by atoms with van der Waals surface area (Å²) < 4.78 is 14.9. The van der Waals surface area contributed by atoms with Crippen LogP contribution in [0.1, 0.15) is 15.9 Å². The first-order valence-corrected chi connectivity index (χ1v) is 10.0. The predicted molar refractivity (Wildman–Crippen MR) is 110 cm³/mol. The van der Waals surface area contributed by atoms with E-state index in [2.05, 4.69) is 10.4 Å². The lowest BCUT2D eigenvalue weighted by atomic mass is 10.1. The fraction of sp³-hybridized carbons (Fsp3) is 0.0909. The SMILES string of the molecule is CSc1ccc(CNC(=O)c2cccc3c2cnn3-c2ccc(F)cc2)cc1. The molecule has 3 aromatic carbocycles. The molecule has 0 aliphatic rings. The van der Waals surface area contributed by atoms with Crippen LogP contribution in [0.4, 0.5) is 4.39 Å². The van der Waals surface area contributed by atoms with Crippen LogP contribution in [-0.4, -0.2) is 21.9 Å². The van der Waals surface area contributed by atoms with Crippen molar-refractivity contribution in [1.29, 1.82) is 0 Å². The average molecular weight is 391 g/mol. The number of amides is 1. The second-order valence-corrected chi connectivity index (χ2v) is 7.18. The number of fused-ring (bicyclic) bond motifs is 1. The van der Waals surface area contributed by atoms with E-state index in [0.29, 0.717) is 12.1 Å². The van der Waals surface area contributed by atoms with E-state index < -0.39 is 0 Å². The molecule has 1 amide bonds. The van der Waals surface area contributed by atoms with Crippen LogP contribution >= 0.6 is 11.8 Å². The zero-order chi connectivity index (χ0) is 19.5. The van der Waals surface area contributed by atoms with Gasteiger partial charge in [-0.2, -0.15) is 5.10 Å². The third-order valence-electron chi connectivity index (χ3n) is 4.54. The van der Waals surface area contributed by atoms with Gasteiger partial charge in [0.1, 0.15) is 5.82 Å². The van der Waals surface area contributed by atoms with Crippen LogP contribution in [0.2, 0.25) is 0 Å². The van der Waals surface area contributed by atoms with E-state index in [4.69, 9.17) is 0 Å². The molecular formula is C22H18FN3OS. The van der Waals surface area contributed by atoms with Crippen molar-refractivity contribution in [2.24, 2.45) is 0 Å². The van der Waals surface area contributed by atoms with Crippen LogP contribution in [0.15, 0.2) is 77.8 Å². The van der Waals surface area contributed by atoms with Gasteiger partial charge in [0.15, 0.2) is 0 Å². The highest BCUT2D eigenvalue weighted by atomic mass is 32.2. The molecule has 6 heteroatoms. The highest BCUT2D eigenvalue weighted by Crippen LogP contribution is 2.22. The zero-order valence-electron chi connectivity index (χ0n) is 15.2. The van der Waals surface area contributed by atoms with Gasteiger partial charge in [0.2, 0.25) is 0 Å². The molecule has 0 fully saturated rings. The van der Waals surface area contributed by atoms with Crippen molar-refractivity contribution in [3.63, 3.8) is 0 Å². The third kappa shape index (κ3) is 3.64. The number of carbonyl (C=O) groups is 1. The quantitative estimate of drug-likeness (QED) is 0.496. The summed E-state index contributed by atoms with van der Waals surface area (Å²) in [7, 11) is 0. The molecule has 4 nitrogen and oxygen atoms in total. The summed E-state index contributed by atoms with van der Waals surface area (Å²) >= 11 is 1.68. The smallest absolute Gasteiger partial charge is 0.252 e. The molecule has 1 N–H and O–H groups in total. The maximum atomic E-state index is 13.2. The molecule has 0 aliphatic carbocycles. The summed E-state index contributed by atoms with van der Waals surface area (Å²) in [5.41, 5.74) is 3.14. The molecule has 28 heavy (non-hydrogen) atoms. The average Bonchev–Trinajstić information content (AvgIpc) is 3.17. The van der Waals surface area contributed by atoms with Crippen LogP contribution in [0.5, 0.6) is 0 Å². The van der Waals surface area contributed by atoms with Crippen LogP contribution < -0.4 is 5.32 Å². The Balaban J connectivity index is 1.58. The van der Waals surface area contributed by atoms with E-state index >= 15 is 0 Å². The molecule has 1 heterocycles. The van der Waals surface area contributed by atoms with Gasteiger partial charge in [0.25, 0.3) is 5.91 Å². The lowest BCUT2D eigenvalue weighted by molar-refractivity contribution is 0.0952. The van der Waals surface area contributed by atoms with Crippen molar-refractivity contribution in [3.8, 4) is 5.69 Å². The fourth-order valence-corrected chi connectivity index (χ4v) is 3.47. The van der Waals surface area contributed by atoms with Crippen molar-refractivity contribution < 1.29 is 9.18 Å². The Hall–Kier alpha value is -3.12. The standard InChI is InChI=1S/C22H18FN3OS/c1-28-18-11-5-15(6-12-18)13-24-22(27)19-3-2-4-21-20(19)14-25-26(21)17-9-7-16(23)8-10-17/h2-12,14H,13H2,1H3,(H,24,27). The monoisotopic (exact) mass is 391 g/mol. The van der Waals surface area contributed by atoms with Crippen LogP contribution in [-0.2, 0) is 6.54 Å². The van der Waals surface area contributed by atoms with Gasteiger partial charge in [-0.15, -0.1) is 11.8 Å². The zero-order valence-corrected chi connectivity index (χ0v) is 16.0. The topological polar surface area (TPSA) is 46.9 Å². The van der Waals surface area contributed by atoms with E-state index in [-0.39, 0.29) is 11.7 Å².